The molecule has 0 radical (unpaired) electrons. The Labute approximate surface area is 155 Å². The van der Waals surface area contributed by atoms with E-state index in [-0.39, 0.29) is 0 Å². The average molecular weight is 353 g/mol. The first-order valence-corrected chi connectivity index (χ1v) is 9.10. The van der Waals surface area contributed by atoms with Crippen molar-refractivity contribution in [2.45, 2.75) is 39.0 Å². The molecule has 0 atom stereocenters. The Morgan fingerprint density at radius 1 is 1.08 bits per heavy atom. The molecule has 0 aliphatic carbocycles. The van der Waals surface area contributed by atoms with Crippen molar-refractivity contribution in [1.82, 2.24) is 0 Å². The van der Waals surface area contributed by atoms with Crippen LogP contribution < -0.4 is 11.1 Å². The van der Waals surface area contributed by atoms with Crippen LogP contribution in [0.3, 0.4) is 0 Å². The highest BCUT2D eigenvalue weighted by Gasteiger charge is 2.13. The van der Waals surface area contributed by atoms with Crippen molar-refractivity contribution in [2.24, 2.45) is 10.7 Å². The fourth-order valence-electron chi connectivity index (χ4n) is 2.80. The first-order valence-electron chi connectivity index (χ1n) is 9.10. The molecule has 3 rings (SSSR count). The van der Waals surface area contributed by atoms with Crippen LogP contribution in [-0.4, -0.2) is 25.3 Å². The van der Waals surface area contributed by atoms with Gasteiger partial charge in [-0.05, 0) is 43.0 Å². The molecular formula is C21H27N3O2. The van der Waals surface area contributed by atoms with E-state index in [0.717, 1.165) is 37.3 Å². The molecule has 0 amide bonds. The van der Waals surface area contributed by atoms with Gasteiger partial charge in [0.25, 0.3) is 0 Å². The maximum absolute atomic E-state index is 5.96. The van der Waals surface area contributed by atoms with E-state index in [9.17, 15) is 0 Å². The molecule has 0 saturated carbocycles. The third-order valence-corrected chi connectivity index (χ3v) is 4.43. The van der Waals surface area contributed by atoms with Crippen LogP contribution in [0.2, 0.25) is 0 Å². The molecule has 1 saturated heterocycles. The summed E-state index contributed by atoms with van der Waals surface area (Å²) in [5, 5.41) is 3.10. The molecule has 2 aromatic rings. The second-order valence-electron chi connectivity index (χ2n) is 6.63. The first kappa shape index (κ1) is 18.4. The zero-order chi connectivity index (χ0) is 18.2. The summed E-state index contributed by atoms with van der Waals surface area (Å²) in [6, 6.07) is 16.4. The minimum Gasteiger partial charge on any atom is -0.381 e. The van der Waals surface area contributed by atoms with Crippen LogP contribution in [0.15, 0.2) is 53.5 Å². The lowest BCUT2D eigenvalue weighted by Crippen LogP contribution is -2.23. The Morgan fingerprint density at radius 2 is 1.73 bits per heavy atom. The highest BCUT2D eigenvalue weighted by molar-refractivity contribution is 5.92. The Bertz CT molecular complexity index is 705. The summed E-state index contributed by atoms with van der Waals surface area (Å²) in [4.78, 5) is 4.40. The molecule has 5 nitrogen and oxygen atoms in total. The van der Waals surface area contributed by atoms with Gasteiger partial charge in [0.1, 0.15) is 0 Å². The van der Waals surface area contributed by atoms with E-state index < -0.39 is 0 Å². The third kappa shape index (κ3) is 5.86. The van der Waals surface area contributed by atoms with Crippen LogP contribution in [0.1, 0.15) is 29.5 Å². The SMILES string of the molecule is Cc1ccc(NC(N)=NCc2ccc(COC3CCOCC3)cc2)cc1. The van der Waals surface area contributed by atoms with Gasteiger partial charge in [0.2, 0.25) is 0 Å². The molecule has 5 heteroatoms. The Hall–Kier alpha value is -2.37. The lowest BCUT2D eigenvalue weighted by Gasteiger charge is -2.22. The smallest absolute Gasteiger partial charge is 0.193 e. The van der Waals surface area contributed by atoms with Gasteiger partial charge in [-0.25, -0.2) is 4.99 Å². The lowest BCUT2D eigenvalue weighted by atomic mass is 10.1. The number of nitrogens with one attached hydrogen (secondary N) is 1. The largest absolute Gasteiger partial charge is 0.381 e. The Morgan fingerprint density at radius 3 is 2.42 bits per heavy atom. The number of ether oxygens (including phenoxy) is 2. The van der Waals surface area contributed by atoms with Crippen molar-refractivity contribution >= 4 is 11.6 Å². The molecule has 1 fully saturated rings. The summed E-state index contributed by atoms with van der Waals surface area (Å²) in [7, 11) is 0. The number of nitrogens with two attached hydrogens (primary N) is 1. The molecule has 26 heavy (non-hydrogen) atoms. The second kappa shape index (κ2) is 9.36. The lowest BCUT2D eigenvalue weighted by molar-refractivity contribution is -0.0390. The first-order chi connectivity index (χ1) is 12.7. The Kier molecular flexibility index (Phi) is 6.63. The van der Waals surface area contributed by atoms with Crippen molar-refractivity contribution in [3.8, 4) is 0 Å². The number of aliphatic imine (C=N–C) groups is 1. The zero-order valence-corrected chi connectivity index (χ0v) is 15.3. The second-order valence-corrected chi connectivity index (χ2v) is 6.63. The van der Waals surface area contributed by atoms with Gasteiger partial charge in [-0.2, -0.15) is 0 Å². The van der Waals surface area contributed by atoms with Gasteiger partial charge in [0.05, 0.1) is 19.3 Å². The highest BCUT2D eigenvalue weighted by atomic mass is 16.5. The molecule has 1 aliphatic heterocycles. The number of nitrogens with zero attached hydrogens (tertiary/aromatic N) is 1. The number of anilines is 1. The molecule has 0 aromatic heterocycles. The molecule has 0 bridgehead atoms. The van der Waals surface area contributed by atoms with Gasteiger partial charge in [-0.3, -0.25) is 0 Å². The molecule has 3 N–H and O–H groups in total. The predicted octanol–water partition coefficient (Wildman–Crippen LogP) is 3.62. The minimum atomic E-state index is 0.320. The van der Waals surface area contributed by atoms with E-state index in [1.807, 2.05) is 24.3 Å². The van der Waals surface area contributed by atoms with Crippen LogP contribution in [0.25, 0.3) is 0 Å². The molecule has 1 aliphatic rings. The van der Waals surface area contributed by atoms with E-state index in [4.69, 9.17) is 15.2 Å². The third-order valence-electron chi connectivity index (χ3n) is 4.43. The number of guanidine groups is 1. The van der Waals surface area contributed by atoms with Gasteiger partial charge in [-0.1, -0.05) is 42.0 Å². The highest BCUT2D eigenvalue weighted by Crippen LogP contribution is 2.14. The van der Waals surface area contributed by atoms with Gasteiger partial charge < -0.3 is 20.5 Å². The topological polar surface area (TPSA) is 68.9 Å². The number of benzene rings is 2. The van der Waals surface area contributed by atoms with E-state index in [1.165, 1.54) is 11.1 Å². The number of aryl methyl sites for hydroxylation is 1. The van der Waals surface area contributed by atoms with Gasteiger partial charge in [0, 0.05) is 18.9 Å². The molecular weight excluding hydrogens is 326 g/mol. The van der Waals surface area contributed by atoms with E-state index >= 15 is 0 Å². The molecule has 138 valence electrons. The van der Waals surface area contributed by atoms with Gasteiger partial charge >= 0.3 is 0 Å². The quantitative estimate of drug-likeness (QED) is 0.615. The fraction of sp³-hybridized carbons (Fsp3) is 0.381. The molecule has 2 aromatic carbocycles. The zero-order valence-electron chi connectivity index (χ0n) is 15.3. The van der Waals surface area contributed by atoms with Crippen molar-refractivity contribution in [2.75, 3.05) is 18.5 Å². The minimum absolute atomic E-state index is 0.320. The monoisotopic (exact) mass is 353 g/mol. The van der Waals surface area contributed by atoms with Crippen molar-refractivity contribution in [3.63, 3.8) is 0 Å². The molecule has 0 unspecified atom stereocenters. The summed E-state index contributed by atoms with van der Waals surface area (Å²) in [6.07, 6.45) is 2.29. The number of hydrogen-bond donors (Lipinski definition) is 2. The maximum atomic E-state index is 5.96. The van der Waals surface area contributed by atoms with E-state index in [1.54, 1.807) is 0 Å². The maximum Gasteiger partial charge on any atom is 0.193 e. The summed E-state index contributed by atoms with van der Waals surface area (Å²) in [6.45, 7) is 4.86. The van der Waals surface area contributed by atoms with Crippen LogP contribution in [0.5, 0.6) is 0 Å². The van der Waals surface area contributed by atoms with Crippen molar-refractivity contribution in [1.29, 1.82) is 0 Å². The van der Waals surface area contributed by atoms with E-state index in [2.05, 4.69) is 41.5 Å². The van der Waals surface area contributed by atoms with E-state index in [0.29, 0.717) is 25.2 Å². The van der Waals surface area contributed by atoms with Crippen LogP contribution in [-0.2, 0) is 22.6 Å². The standard InChI is InChI=1S/C21H27N3O2/c1-16-2-8-19(9-3-16)24-21(22)23-14-17-4-6-18(7-5-17)15-26-20-10-12-25-13-11-20/h2-9,20H,10-15H2,1H3,(H3,22,23,24). The predicted molar refractivity (Wildman–Crippen MR) is 105 cm³/mol. The van der Waals surface area contributed by atoms with Crippen molar-refractivity contribution in [3.05, 3.63) is 65.2 Å². The molecule has 0 spiro atoms. The van der Waals surface area contributed by atoms with Gasteiger partial charge in [-0.15, -0.1) is 0 Å². The number of rotatable bonds is 6. The van der Waals surface area contributed by atoms with Gasteiger partial charge in [0.15, 0.2) is 5.96 Å². The summed E-state index contributed by atoms with van der Waals surface area (Å²) in [5.74, 6) is 0.417. The fourth-order valence-corrected chi connectivity index (χ4v) is 2.80. The average Bonchev–Trinajstić information content (AvgIpc) is 2.68. The van der Waals surface area contributed by atoms with Crippen molar-refractivity contribution < 1.29 is 9.47 Å². The summed E-state index contributed by atoms with van der Waals surface area (Å²) < 4.78 is 11.3. The summed E-state index contributed by atoms with van der Waals surface area (Å²) >= 11 is 0. The van der Waals surface area contributed by atoms with Crippen LogP contribution in [0.4, 0.5) is 5.69 Å². The van der Waals surface area contributed by atoms with Crippen LogP contribution >= 0.6 is 0 Å². The van der Waals surface area contributed by atoms with Crippen LogP contribution in [0, 0.1) is 6.92 Å². The normalized spacial score (nSPS) is 15.8. The summed E-state index contributed by atoms with van der Waals surface area (Å²) in [5.41, 5.74) is 10.4. The molecule has 1 heterocycles. The Balaban J connectivity index is 1.46. The number of hydrogen-bond acceptors (Lipinski definition) is 3.